The van der Waals surface area contributed by atoms with E-state index < -0.39 is 35.5 Å². The van der Waals surface area contributed by atoms with Gasteiger partial charge in [0, 0.05) is 23.9 Å². The third kappa shape index (κ3) is 2.63. The Labute approximate surface area is 88.9 Å². The number of alkyl halides is 2. The van der Waals surface area contributed by atoms with Crippen LogP contribution in [0.1, 0.15) is 23.4 Å². The van der Waals surface area contributed by atoms with Crippen molar-refractivity contribution in [3.8, 4) is 0 Å². The Morgan fingerprint density at radius 3 is 2.62 bits per heavy atom. The second-order valence-corrected chi connectivity index (χ2v) is 3.13. The monoisotopic (exact) mass is 232 g/mol. The van der Waals surface area contributed by atoms with E-state index in [4.69, 9.17) is 10.8 Å². The van der Waals surface area contributed by atoms with E-state index in [1.54, 1.807) is 0 Å². The van der Waals surface area contributed by atoms with Crippen molar-refractivity contribution >= 4 is 5.97 Å². The standard InChI is InChI=1S/C9H10F2N2O3/c10-9(11)8-5(2-7(15)16)6(14)1-4(3-12)13-8/h1,9H,2-3,12H2,(H,13,14)(H,15,16). The maximum absolute atomic E-state index is 12.6. The average Bonchev–Trinajstić information content (AvgIpc) is 2.19. The number of hydrogen-bond donors (Lipinski definition) is 3. The molecule has 1 rings (SSSR count). The number of carbonyl (C=O) groups is 1. The topological polar surface area (TPSA) is 96.2 Å². The summed E-state index contributed by atoms with van der Waals surface area (Å²) in [7, 11) is 0. The lowest BCUT2D eigenvalue weighted by Gasteiger charge is -2.08. The molecule has 4 N–H and O–H groups in total. The van der Waals surface area contributed by atoms with Gasteiger partial charge in [-0.25, -0.2) is 8.78 Å². The molecule has 0 unspecified atom stereocenters. The minimum atomic E-state index is -2.94. The van der Waals surface area contributed by atoms with Gasteiger partial charge in [-0.15, -0.1) is 0 Å². The van der Waals surface area contributed by atoms with Gasteiger partial charge in [0.2, 0.25) is 0 Å². The van der Waals surface area contributed by atoms with Crippen molar-refractivity contribution in [1.29, 1.82) is 0 Å². The van der Waals surface area contributed by atoms with Gasteiger partial charge in [-0.3, -0.25) is 9.59 Å². The van der Waals surface area contributed by atoms with E-state index in [1.807, 2.05) is 0 Å². The summed E-state index contributed by atoms with van der Waals surface area (Å²) in [5.74, 6) is -1.34. The zero-order valence-corrected chi connectivity index (χ0v) is 8.17. The molecule has 1 heterocycles. The van der Waals surface area contributed by atoms with Crippen LogP contribution in [0, 0.1) is 0 Å². The number of aliphatic carboxylic acids is 1. The molecule has 0 spiro atoms. The molecular weight excluding hydrogens is 222 g/mol. The van der Waals surface area contributed by atoms with Crippen molar-refractivity contribution in [1.82, 2.24) is 4.98 Å². The van der Waals surface area contributed by atoms with Crippen molar-refractivity contribution in [3.05, 3.63) is 33.2 Å². The van der Waals surface area contributed by atoms with Crippen LogP contribution in [0.25, 0.3) is 0 Å². The molecule has 0 fully saturated rings. The fourth-order valence-corrected chi connectivity index (χ4v) is 1.29. The van der Waals surface area contributed by atoms with Crippen LogP contribution in [-0.2, 0) is 17.8 Å². The largest absolute Gasteiger partial charge is 0.481 e. The fraction of sp³-hybridized carbons (Fsp3) is 0.333. The maximum Gasteiger partial charge on any atom is 0.308 e. The molecular formula is C9H10F2N2O3. The van der Waals surface area contributed by atoms with Crippen LogP contribution in [0.2, 0.25) is 0 Å². The molecule has 0 aliphatic heterocycles. The number of nitrogens with two attached hydrogens (primary N) is 1. The molecule has 7 heteroatoms. The molecule has 0 saturated carbocycles. The quantitative estimate of drug-likeness (QED) is 0.700. The third-order valence-electron chi connectivity index (χ3n) is 1.99. The van der Waals surface area contributed by atoms with E-state index in [9.17, 15) is 18.4 Å². The van der Waals surface area contributed by atoms with Gasteiger partial charge < -0.3 is 15.8 Å². The van der Waals surface area contributed by atoms with Crippen LogP contribution in [0.15, 0.2) is 10.9 Å². The Bertz CT molecular complexity index is 457. The van der Waals surface area contributed by atoms with E-state index in [2.05, 4.69) is 4.98 Å². The first-order valence-corrected chi connectivity index (χ1v) is 4.40. The normalized spacial score (nSPS) is 10.8. The predicted molar refractivity (Wildman–Crippen MR) is 51.3 cm³/mol. The molecule has 88 valence electrons. The number of nitrogens with one attached hydrogen (secondary N) is 1. The van der Waals surface area contributed by atoms with E-state index in [0.717, 1.165) is 6.07 Å². The summed E-state index contributed by atoms with van der Waals surface area (Å²) < 4.78 is 25.1. The SMILES string of the molecule is NCc1cc(=O)c(CC(=O)O)c(C(F)F)[nH]1. The number of carboxylic acids is 1. The smallest absolute Gasteiger partial charge is 0.308 e. The van der Waals surface area contributed by atoms with Crippen molar-refractivity contribution in [2.45, 2.75) is 19.4 Å². The number of halogens is 2. The van der Waals surface area contributed by atoms with Gasteiger partial charge in [-0.1, -0.05) is 0 Å². The summed E-state index contributed by atoms with van der Waals surface area (Å²) in [5, 5.41) is 8.50. The van der Waals surface area contributed by atoms with Crippen molar-refractivity contribution in [3.63, 3.8) is 0 Å². The Balaban J connectivity index is 3.34. The molecule has 0 aliphatic carbocycles. The first-order chi connectivity index (χ1) is 7.45. The van der Waals surface area contributed by atoms with Gasteiger partial charge in [0.15, 0.2) is 5.43 Å². The highest BCUT2D eigenvalue weighted by molar-refractivity contribution is 5.70. The highest BCUT2D eigenvalue weighted by Crippen LogP contribution is 2.19. The molecule has 5 nitrogen and oxygen atoms in total. The summed E-state index contributed by atoms with van der Waals surface area (Å²) in [6.45, 7) is -0.0949. The van der Waals surface area contributed by atoms with Crippen LogP contribution in [0.4, 0.5) is 8.78 Å². The molecule has 16 heavy (non-hydrogen) atoms. The molecule has 0 atom stereocenters. The van der Waals surface area contributed by atoms with Crippen LogP contribution in [0.5, 0.6) is 0 Å². The van der Waals surface area contributed by atoms with E-state index in [1.165, 1.54) is 0 Å². The molecule has 0 bridgehead atoms. The second-order valence-electron chi connectivity index (χ2n) is 3.13. The van der Waals surface area contributed by atoms with E-state index in [-0.39, 0.29) is 12.2 Å². The predicted octanol–water partition coefficient (Wildman–Crippen LogP) is 0.398. The number of pyridine rings is 1. The zero-order chi connectivity index (χ0) is 12.3. The van der Waals surface area contributed by atoms with Crippen molar-refractivity contribution < 1.29 is 18.7 Å². The van der Waals surface area contributed by atoms with Crippen molar-refractivity contribution in [2.24, 2.45) is 5.73 Å². The average molecular weight is 232 g/mol. The molecule has 0 saturated heterocycles. The number of hydrogen-bond acceptors (Lipinski definition) is 3. The lowest BCUT2D eigenvalue weighted by atomic mass is 10.1. The van der Waals surface area contributed by atoms with Crippen LogP contribution >= 0.6 is 0 Å². The number of rotatable bonds is 4. The Hall–Kier alpha value is -1.76. The van der Waals surface area contributed by atoms with Crippen LogP contribution in [0.3, 0.4) is 0 Å². The van der Waals surface area contributed by atoms with Crippen LogP contribution < -0.4 is 11.2 Å². The van der Waals surface area contributed by atoms with Gasteiger partial charge in [0.05, 0.1) is 12.1 Å². The lowest BCUT2D eigenvalue weighted by Crippen LogP contribution is -2.20. The van der Waals surface area contributed by atoms with Gasteiger partial charge >= 0.3 is 5.97 Å². The first-order valence-electron chi connectivity index (χ1n) is 4.40. The Kier molecular flexibility index (Phi) is 3.73. The summed E-state index contributed by atoms with van der Waals surface area (Å²) in [5.41, 5.74) is 3.51. The lowest BCUT2D eigenvalue weighted by molar-refractivity contribution is -0.136. The number of aromatic amines is 1. The third-order valence-corrected chi connectivity index (χ3v) is 1.99. The summed E-state index contributed by atoms with van der Waals surface area (Å²) in [6, 6.07) is 1.03. The van der Waals surface area contributed by atoms with E-state index in [0.29, 0.717) is 0 Å². The minimum Gasteiger partial charge on any atom is -0.481 e. The van der Waals surface area contributed by atoms with Gasteiger partial charge in [0.25, 0.3) is 6.43 Å². The molecule has 0 aromatic carbocycles. The van der Waals surface area contributed by atoms with Gasteiger partial charge in [-0.2, -0.15) is 0 Å². The van der Waals surface area contributed by atoms with Gasteiger partial charge in [0.1, 0.15) is 0 Å². The Morgan fingerprint density at radius 1 is 1.56 bits per heavy atom. The molecule has 1 aromatic heterocycles. The summed E-state index contributed by atoms with van der Waals surface area (Å²) in [4.78, 5) is 24.1. The summed E-state index contributed by atoms with van der Waals surface area (Å²) in [6.07, 6.45) is -3.67. The molecule has 0 radical (unpaired) electrons. The molecule has 0 amide bonds. The number of aromatic nitrogens is 1. The second kappa shape index (κ2) is 4.84. The van der Waals surface area contributed by atoms with Crippen LogP contribution in [-0.4, -0.2) is 16.1 Å². The number of carboxylic acid groups (broad SMARTS) is 1. The maximum atomic E-state index is 12.6. The summed E-state index contributed by atoms with van der Waals surface area (Å²) >= 11 is 0. The minimum absolute atomic E-state index is 0.0949. The highest BCUT2D eigenvalue weighted by atomic mass is 19.3. The molecule has 1 aromatic rings. The molecule has 0 aliphatic rings. The first kappa shape index (κ1) is 12.3. The van der Waals surface area contributed by atoms with E-state index >= 15 is 0 Å². The number of H-pyrrole nitrogens is 1. The van der Waals surface area contributed by atoms with Gasteiger partial charge in [-0.05, 0) is 0 Å². The highest BCUT2D eigenvalue weighted by Gasteiger charge is 2.19. The fourth-order valence-electron chi connectivity index (χ4n) is 1.29. The zero-order valence-electron chi connectivity index (χ0n) is 8.17. The van der Waals surface area contributed by atoms with Crippen molar-refractivity contribution in [2.75, 3.05) is 0 Å². The Morgan fingerprint density at radius 2 is 2.19 bits per heavy atom.